The second-order valence-electron chi connectivity index (χ2n) is 5.03. The van der Waals surface area contributed by atoms with Crippen LogP contribution in [-0.4, -0.2) is 19.3 Å². The number of nitrogens with one attached hydrogen (secondary N) is 1. The Kier molecular flexibility index (Phi) is 6.33. The molecule has 1 fully saturated rings. The molecule has 1 heterocycles. The number of benzene rings is 1. The number of hydrogen-bond donors (Lipinski definition) is 1. The summed E-state index contributed by atoms with van der Waals surface area (Å²) >= 11 is 7.13. The van der Waals surface area contributed by atoms with Crippen LogP contribution < -0.4 is 5.32 Å². The summed E-state index contributed by atoms with van der Waals surface area (Å²) in [5.74, 6) is 0. The van der Waals surface area contributed by atoms with E-state index in [1.807, 2.05) is 0 Å². The first-order valence-electron chi connectivity index (χ1n) is 7.00. The van der Waals surface area contributed by atoms with Crippen molar-refractivity contribution in [2.75, 3.05) is 13.2 Å². The maximum Gasteiger partial charge on any atom is 0.0576 e. The summed E-state index contributed by atoms with van der Waals surface area (Å²) < 4.78 is 7.96. The van der Waals surface area contributed by atoms with Crippen LogP contribution in [0.15, 0.2) is 27.1 Å². The van der Waals surface area contributed by atoms with Crippen LogP contribution in [0.2, 0.25) is 0 Å². The molecule has 1 aliphatic rings. The van der Waals surface area contributed by atoms with Gasteiger partial charge >= 0.3 is 0 Å². The molecule has 0 spiro atoms. The molecular weight excluding hydrogens is 370 g/mol. The molecular formula is C15H21Br2NO. The van der Waals surface area contributed by atoms with E-state index in [0.29, 0.717) is 12.1 Å². The molecule has 2 unspecified atom stereocenters. The van der Waals surface area contributed by atoms with Crippen LogP contribution in [0.5, 0.6) is 0 Å². The first kappa shape index (κ1) is 15.5. The number of hydrogen-bond acceptors (Lipinski definition) is 2. The van der Waals surface area contributed by atoms with E-state index < -0.39 is 0 Å². The van der Waals surface area contributed by atoms with E-state index in [4.69, 9.17) is 4.74 Å². The first-order valence-corrected chi connectivity index (χ1v) is 8.58. The van der Waals surface area contributed by atoms with E-state index in [2.05, 4.69) is 62.3 Å². The van der Waals surface area contributed by atoms with Gasteiger partial charge in [-0.2, -0.15) is 0 Å². The Hall–Kier alpha value is 0.1000. The minimum atomic E-state index is 0.406. The highest BCUT2D eigenvalue weighted by atomic mass is 79.9. The molecule has 0 radical (unpaired) electrons. The van der Waals surface area contributed by atoms with E-state index in [0.717, 1.165) is 34.9 Å². The van der Waals surface area contributed by atoms with Gasteiger partial charge in [-0.3, -0.25) is 0 Å². The van der Waals surface area contributed by atoms with E-state index in [1.54, 1.807) is 0 Å². The molecule has 0 amide bonds. The fraction of sp³-hybridized carbons (Fsp3) is 0.600. The van der Waals surface area contributed by atoms with Crippen LogP contribution in [0.4, 0.5) is 0 Å². The molecule has 4 heteroatoms. The van der Waals surface area contributed by atoms with Crippen LogP contribution in [0.25, 0.3) is 0 Å². The molecule has 2 rings (SSSR count). The van der Waals surface area contributed by atoms with Crippen molar-refractivity contribution >= 4 is 31.9 Å². The highest BCUT2D eigenvalue weighted by Crippen LogP contribution is 2.28. The van der Waals surface area contributed by atoms with Crippen molar-refractivity contribution in [3.8, 4) is 0 Å². The maximum absolute atomic E-state index is 5.72. The van der Waals surface area contributed by atoms with Crippen LogP contribution in [0.3, 0.4) is 0 Å². The normalized spacial score (nSPS) is 20.7. The predicted molar refractivity (Wildman–Crippen MR) is 86.5 cm³/mol. The molecule has 1 aromatic carbocycles. The van der Waals surface area contributed by atoms with Gasteiger partial charge in [0.25, 0.3) is 0 Å². The van der Waals surface area contributed by atoms with Gasteiger partial charge in [-0.25, -0.2) is 0 Å². The van der Waals surface area contributed by atoms with Crippen molar-refractivity contribution in [2.45, 2.75) is 44.8 Å². The lowest BCUT2D eigenvalue weighted by Gasteiger charge is -2.20. The van der Waals surface area contributed by atoms with Crippen LogP contribution in [0.1, 0.15) is 44.2 Å². The van der Waals surface area contributed by atoms with Gasteiger partial charge < -0.3 is 10.1 Å². The van der Waals surface area contributed by atoms with Crippen molar-refractivity contribution < 1.29 is 4.74 Å². The van der Waals surface area contributed by atoms with Crippen molar-refractivity contribution in [2.24, 2.45) is 0 Å². The van der Waals surface area contributed by atoms with Crippen molar-refractivity contribution in [3.05, 3.63) is 32.7 Å². The third kappa shape index (κ3) is 4.85. The number of rotatable bonds is 6. The molecule has 1 aromatic rings. The SMILES string of the molecule is CCNC(CCC1CCCO1)c1cc(Br)cc(Br)c1. The van der Waals surface area contributed by atoms with Crippen molar-refractivity contribution in [1.29, 1.82) is 0 Å². The summed E-state index contributed by atoms with van der Waals surface area (Å²) in [5, 5.41) is 3.58. The minimum absolute atomic E-state index is 0.406. The molecule has 1 saturated heterocycles. The molecule has 0 aromatic heterocycles. The summed E-state index contributed by atoms with van der Waals surface area (Å²) in [4.78, 5) is 0. The number of ether oxygens (including phenoxy) is 1. The summed E-state index contributed by atoms with van der Waals surface area (Å²) in [5.41, 5.74) is 1.33. The Morgan fingerprint density at radius 1 is 1.32 bits per heavy atom. The molecule has 0 bridgehead atoms. The monoisotopic (exact) mass is 389 g/mol. The third-order valence-electron chi connectivity index (χ3n) is 3.54. The van der Waals surface area contributed by atoms with Crippen LogP contribution >= 0.6 is 31.9 Å². The standard InChI is InChI=1S/C15H21Br2NO/c1-2-18-15(6-5-14-4-3-7-19-14)11-8-12(16)10-13(17)9-11/h8-10,14-15,18H,2-7H2,1H3. The smallest absolute Gasteiger partial charge is 0.0576 e. The van der Waals surface area contributed by atoms with Gasteiger partial charge in [0.2, 0.25) is 0 Å². The Balaban J connectivity index is 2.00. The average Bonchev–Trinajstić information content (AvgIpc) is 2.86. The Morgan fingerprint density at radius 3 is 2.63 bits per heavy atom. The lowest BCUT2D eigenvalue weighted by molar-refractivity contribution is 0.0996. The van der Waals surface area contributed by atoms with E-state index in [9.17, 15) is 0 Å². The van der Waals surface area contributed by atoms with Gasteiger partial charge in [-0.15, -0.1) is 0 Å². The molecule has 0 saturated carbocycles. The summed E-state index contributed by atoms with van der Waals surface area (Å²) in [6, 6.07) is 6.89. The summed E-state index contributed by atoms with van der Waals surface area (Å²) in [6.45, 7) is 4.09. The van der Waals surface area contributed by atoms with Crippen LogP contribution in [0, 0.1) is 0 Å². The molecule has 106 valence electrons. The molecule has 2 atom stereocenters. The van der Waals surface area contributed by atoms with Crippen molar-refractivity contribution in [1.82, 2.24) is 5.32 Å². The summed E-state index contributed by atoms with van der Waals surface area (Å²) in [7, 11) is 0. The van der Waals surface area contributed by atoms with Gasteiger partial charge in [0, 0.05) is 21.6 Å². The number of halogens is 2. The predicted octanol–water partition coefficient (Wildman–Crippen LogP) is 4.82. The van der Waals surface area contributed by atoms with E-state index in [1.165, 1.54) is 18.4 Å². The van der Waals surface area contributed by atoms with E-state index >= 15 is 0 Å². The average molecular weight is 391 g/mol. The van der Waals surface area contributed by atoms with E-state index in [-0.39, 0.29) is 0 Å². The zero-order chi connectivity index (χ0) is 13.7. The third-order valence-corrected chi connectivity index (χ3v) is 4.45. The second kappa shape index (κ2) is 7.77. The summed E-state index contributed by atoms with van der Waals surface area (Å²) in [6.07, 6.45) is 5.18. The maximum atomic E-state index is 5.72. The molecule has 19 heavy (non-hydrogen) atoms. The Labute approximate surface area is 132 Å². The Bertz CT molecular complexity index is 385. The molecule has 0 aliphatic carbocycles. The van der Waals surface area contributed by atoms with Gasteiger partial charge in [-0.1, -0.05) is 38.8 Å². The lowest BCUT2D eigenvalue weighted by Crippen LogP contribution is -2.22. The molecule has 2 nitrogen and oxygen atoms in total. The van der Waals surface area contributed by atoms with Crippen LogP contribution in [-0.2, 0) is 4.74 Å². The largest absolute Gasteiger partial charge is 0.378 e. The zero-order valence-corrected chi connectivity index (χ0v) is 14.5. The van der Waals surface area contributed by atoms with Crippen molar-refractivity contribution in [3.63, 3.8) is 0 Å². The second-order valence-corrected chi connectivity index (χ2v) is 6.86. The van der Waals surface area contributed by atoms with Gasteiger partial charge in [0.15, 0.2) is 0 Å². The molecule has 1 N–H and O–H groups in total. The quantitative estimate of drug-likeness (QED) is 0.751. The lowest BCUT2D eigenvalue weighted by atomic mass is 9.99. The Morgan fingerprint density at radius 2 is 2.05 bits per heavy atom. The molecule has 1 aliphatic heterocycles. The van der Waals surface area contributed by atoms with Gasteiger partial charge in [0.05, 0.1) is 6.10 Å². The van der Waals surface area contributed by atoms with Gasteiger partial charge in [-0.05, 0) is 56.0 Å². The first-order chi connectivity index (χ1) is 9.19. The fourth-order valence-corrected chi connectivity index (χ4v) is 3.96. The highest BCUT2D eigenvalue weighted by molar-refractivity contribution is 9.11. The van der Waals surface area contributed by atoms with Gasteiger partial charge in [0.1, 0.15) is 0 Å². The highest BCUT2D eigenvalue weighted by Gasteiger charge is 2.18. The fourth-order valence-electron chi connectivity index (χ4n) is 2.63. The zero-order valence-electron chi connectivity index (χ0n) is 11.3. The topological polar surface area (TPSA) is 21.3 Å². The minimum Gasteiger partial charge on any atom is -0.378 e.